The maximum absolute atomic E-state index is 11.1. The number of hydrogen-bond donors (Lipinski definition) is 0. The molecular formula is C17H27O2-. The van der Waals surface area contributed by atoms with Crippen molar-refractivity contribution in [2.24, 2.45) is 40.4 Å². The van der Waals surface area contributed by atoms with Gasteiger partial charge >= 0.3 is 0 Å². The largest absolute Gasteiger partial charge is 0.550 e. The van der Waals surface area contributed by atoms with Crippen LogP contribution in [0.15, 0.2) is 0 Å². The first-order valence-electron chi connectivity index (χ1n) is 7.99. The van der Waals surface area contributed by atoms with Gasteiger partial charge in [-0.15, -0.1) is 0 Å². The monoisotopic (exact) mass is 263 g/mol. The quantitative estimate of drug-likeness (QED) is 0.768. The van der Waals surface area contributed by atoms with Crippen molar-refractivity contribution < 1.29 is 9.90 Å². The molecule has 0 amide bonds. The van der Waals surface area contributed by atoms with Crippen molar-refractivity contribution in [1.82, 2.24) is 0 Å². The SMILES string of the molecule is C[C@@H]1C(CC(=O)[O-])C[C@@]23C[C@@H]1C(C)(C)[C@@H]2CC[C@H]3C. The third kappa shape index (κ3) is 1.64. The van der Waals surface area contributed by atoms with Gasteiger partial charge in [-0.2, -0.15) is 0 Å². The van der Waals surface area contributed by atoms with Crippen LogP contribution in [0.3, 0.4) is 0 Å². The third-order valence-electron chi connectivity index (χ3n) is 7.47. The molecule has 2 bridgehead atoms. The van der Waals surface area contributed by atoms with Crippen molar-refractivity contribution in [3.63, 3.8) is 0 Å². The number of fused-ring (bicyclic) bond motifs is 1. The van der Waals surface area contributed by atoms with Crippen LogP contribution >= 0.6 is 0 Å². The molecule has 3 fully saturated rings. The number of carbonyl (C=O) groups is 1. The highest BCUT2D eigenvalue weighted by Gasteiger charge is 2.66. The van der Waals surface area contributed by atoms with E-state index in [1.807, 2.05) is 0 Å². The zero-order chi connectivity index (χ0) is 14.0. The summed E-state index contributed by atoms with van der Waals surface area (Å²) in [7, 11) is 0. The van der Waals surface area contributed by atoms with Crippen LogP contribution in [0.4, 0.5) is 0 Å². The number of hydrogen-bond acceptors (Lipinski definition) is 2. The Morgan fingerprint density at radius 1 is 1.21 bits per heavy atom. The lowest BCUT2D eigenvalue weighted by Gasteiger charge is -2.45. The summed E-state index contributed by atoms with van der Waals surface area (Å²) in [6.45, 7) is 9.59. The molecular weight excluding hydrogens is 236 g/mol. The first-order valence-corrected chi connectivity index (χ1v) is 7.99. The molecule has 19 heavy (non-hydrogen) atoms. The van der Waals surface area contributed by atoms with Gasteiger partial charge < -0.3 is 9.90 Å². The van der Waals surface area contributed by atoms with Crippen molar-refractivity contribution >= 4 is 5.97 Å². The van der Waals surface area contributed by atoms with Crippen LogP contribution in [0, 0.1) is 40.4 Å². The number of rotatable bonds is 2. The Bertz CT molecular complexity index is 400. The summed E-state index contributed by atoms with van der Waals surface area (Å²) in [6.07, 6.45) is 5.45. The molecule has 2 heteroatoms. The number of aliphatic carboxylic acids is 1. The minimum absolute atomic E-state index is 0.273. The molecule has 0 aromatic heterocycles. The van der Waals surface area contributed by atoms with E-state index in [0.29, 0.717) is 28.6 Å². The lowest BCUT2D eigenvalue weighted by Crippen LogP contribution is -2.39. The van der Waals surface area contributed by atoms with E-state index in [0.717, 1.165) is 18.3 Å². The fraction of sp³-hybridized carbons (Fsp3) is 0.941. The van der Waals surface area contributed by atoms with E-state index in [2.05, 4.69) is 27.7 Å². The normalized spacial score (nSPS) is 51.1. The van der Waals surface area contributed by atoms with Crippen LogP contribution < -0.4 is 5.11 Å². The highest BCUT2D eigenvalue weighted by Crippen LogP contribution is 2.73. The summed E-state index contributed by atoms with van der Waals surface area (Å²) in [5.74, 6) is 2.32. The number of carboxylic acid groups (broad SMARTS) is 1. The van der Waals surface area contributed by atoms with Crippen LogP contribution in [-0.2, 0) is 4.79 Å². The zero-order valence-electron chi connectivity index (χ0n) is 12.7. The maximum Gasteiger partial charge on any atom is 0.0417 e. The topological polar surface area (TPSA) is 40.1 Å². The minimum atomic E-state index is -0.852. The Balaban J connectivity index is 1.97. The Hall–Kier alpha value is -0.530. The van der Waals surface area contributed by atoms with E-state index in [1.165, 1.54) is 19.3 Å². The van der Waals surface area contributed by atoms with Crippen LogP contribution in [-0.4, -0.2) is 5.97 Å². The number of carboxylic acids is 1. The average Bonchev–Trinajstić information content (AvgIpc) is 2.70. The Kier molecular flexibility index (Phi) is 2.82. The summed E-state index contributed by atoms with van der Waals surface area (Å²) < 4.78 is 0. The predicted molar refractivity (Wildman–Crippen MR) is 73.1 cm³/mol. The smallest absolute Gasteiger partial charge is 0.0417 e. The lowest BCUT2D eigenvalue weighted by molar-refractivity contribution is -0.307. The van der Waals surface area contributed by atoms with E-state index in [-0.39, 0.29) is 6.42 Å². The van der Waals surface area contributed by atoms with Crippen molar-refractivity contribution in [2.45, 2.75) is 59.8 Å². The Morgan fingerprint density at radius 3 is 2.53 bits per heavy atom. The van der Waals surface area contributed by atoms with Crippen LogP contribution in [0.1, 0.15) is 59.8 Å². The Labute approximate surface area is 117 Å². The van der Waals surface area contributed by atoms with Gasteiger partial charge in [0.2, 0.25) is 0 Å². The molecule has 0 aliphatic heterocycles. The van der Waals surface area contributed by atoms with Crippen molar-refractivity contribution in [3.05, 3.63) is 0 Å². The van der Waals surface area contributed by atoms with Crippen molar-refractivity contribution in [1.29, 1.82) is 0 Å². The molecule has 0 aromatic carbocycles. The van der Waals surface area contributed by atoms with Crippen LogP contribution in [0.5, 0.6) is 0 Å². The zero-order valence-corrected chi connectivity index (χ0v) is 12.7. The molecule has 3 saturated carbocycles. The molecule has 0 radical (unpaired) electrons. The second-order valence-electron chi connectivity index (χ2n) is 8.30. The summed E-state index contributed by atoms with van der Waals surface area (Å²) in [6, 6.07) is 0. The standard InChI is InChI=1S/C17H28O2/c1-10-5-6-14-16(3,4)13-9-17(10,14)8-12(11(13)2)7-15(18)19/h10-14H,5-9H2,1-4H3,(H,18,19)/p-1/t10-,11-,12?,13+,14+,17+/m1/s1. The van der Waals surface area contributed by atoms with E-state index in [4.69, 9.17) is 0 Å². The summed E-state index contributed by atoms with van der Waals surface area (Å²) >= 11 is 0. The molecule has 1 spiro atoms. The molecule has 0 saturated heterocycles. The molecule has 2 nitrogen and oxygen atoms in total. The molecule has 1 unspecified atom stereocenters. The van der Waals surface area contributed by atoms with Gasteiger partial charge in [-0.25, -0.2) is 0 Å². The van der Waals surface area contributed by atoms with Crippen LogP contribution in [0.25, 0.3) is 0 Å². The summed E-state index contributed by atoms with van der Waals surface area (Å²) in [4.78, 5) is 11.1. The number of carbonyl (C=O) groups excluding carboxylic acids is 1. The van der Waals surface area contributed by atoms with Crippen molar-refractivity contribution in [2.75, 3.05) is 0 Å². The fourth-order valence-corrected chi connectivity index (χ4v) is 6.49. The van der Waals surface area contributed by atoms with Gasteiger partial charge in [0.15, 0.2) is 0 Å². The third-order valence-corrected chi connectivity index (χ3v) is 7.47. The summed E-state index contributed by atoms with van der Waals surface area (Å²) in [5, 5.41) is 11.1. The molecule has 3 aliphatic carbocycles. The van der Waals surface area contributed by atoms with Gasteiger partial charge in [-0.05, 0) is 72.5 Å². The second kappa shape index (κ2) is 3.99. The van der Waals surface area contributed by atoms with E-state index in [1.54, 1.807) is 0 Å². The van der Waals surface area contributed by atoms with Gasteiger partial charge in [0.25, 0.3) is 0 Å². The van der Waals surface area contributed by atoms with Gasteiger partial charge in [-0.3, -0.25) is 0 Å². The van der Waals surface area contributed by atoms with Crippen molar-refractivity contribution in [3.8, 4) is 0 Å². The fourth-order valence-electron chi connectivity index (χ4n) is 6.49. The minimum Gasteiger partial charge on any atom is -0.550 e. The highest BCUT2D eigenvalue weighted by atomic mass is 16.4. The van der Waals surface area contributed by atoms with E-state index < -0.39 is 5.97 Å². The molecule has 108 valence electrons. The predicted octanol–water partition coefficient (Wildman–Crippen LogP) is 2.86. The Morgan fingerprint density at radius 2 is 1.89 bits per heavy atom. The highest BCUT2D eigenvalue weighted by molar-refractivity contribution is 5.64. The molecule has 0 heterocycles. The first-order chi connectivity index (χ1) is 8.79. The van der Waals surface area contributed by atoms with Gasteiger partial charge in [-0.1, -0.05) is 27.7 Å². The van der Waals surface area contributed by atoms with Crippen LogP contribution in [0.2, 0.25) is 0 Å². The summed E-state index contributed by atoms with van der Waals surface area (Å²) in [5.41, 5.74) is 0.839. The molecule has 3 aliphatic rings. The maximum atomic E-state index is 11.1. The second-order valence-corrected chi connectivity index (χ2v) is 8.30. The molecule has 6 atom stereocenters. The average molecular weight is 263 g/mol. The van der Waals surface area contributed by atoms with Gasteiger partial charge in [0, 0.05) is 5.97 Å². The van der Waals surface area contributed by atoms with Gasteiger partial charge in [0.05, 0.1) is 0 Å². The molecule has 0 aromatic rings. The molecule has 3 rings (SSSR count). The van der Waals surface area contributed by atoms with E-state index >= 15 is 0 Å². The van der Waals surface area contributed by atoms with Gasteiger partial charge in [0.1, 0.15) is 0 Å². The first kappa shape index (κ1) is 13.5. The van der Waals surface area contributed by atoms with E-state index in [9.17, 15) is 9.90 Å². The lowest BCUT2D eigenvalue weighted by atomic mass is 9.61. The molecule has 0 N–H and O–H groups in total.